The fourth-order valence-electron chi connectivity index (χ4n) is 1.68. The minimum atomic E-state index is -4.33. The van der Waals surface area contributed by atoms with Crippen molar-refractivity contribution < 1.29 is 17.9 Å². The summed E-state index contributed by atoms with van der Waals surface area (Å²) < 4.78 is 42.4. The number of nitrogens with zero attached hydrogens (tertiary/aromatic N) is 2. The third kappa shape index (κ3) is 3.99. The number of nitrogens with two attached hydrogens (primary N) is 1. The van der Waals surface area contributed by atoms with Crippen molar-refractivity contribution >= 4 is 0 Å². The van der Waals surface area contributed by atoms with E-state index in [4.69, 9.17) is 5.73 Å². The lowest BCUT2D eigenvalue weighted by Crippen LogP contribution is -2.19. The highest BCUT2D eigenvalue weighted by molar-refractivity contribution is 5.62. The number of hydrogen-bond donors (Lipinski definition) is 1. The molecule has 0 atom stereocenters. The van der Waals surface area contributed by atoms with Gasteiger partial charge in [0, 0.05) is 18.3 Å². The summed E-state index contributed by atoms with van der Waals surface area (Å²) in [5, 5.41) is 4.13. The lowest BCUT2D eigenvalue weighted by atomic mass is 10.1. The van der Waals surface area contributed by atoms with Crippen LogP contribution < -0.4 is 10.5 Å². The predicted octanol–water partition coefficient (Wildman–Crippen LogP) is 2.45. The largest absolute Gasteiger partial charge is 0.484 e. The summed E-state index contributed by atoms with van der Waals surface area (Å²) in [7, 11) is 0. The molecular formula is C13H14F3N3O. The van der Waals surface area contributed by atoms with Crippen molar-refractivity contribution in [2.75, 3.05) is 13.2 Å². The maximum atomic E-state index is 12.0. The monoisotopic (exact) mass is 285 g/mol. The van der Waals surface area contributed by atoms with Crippen molar-refractivity contribution in [3.05, 3.63) is 36.7 Å². The molecule has 2 rings (SSSR count). The highest BCUT2D eigenvalue weighted by atomic mass is 19.4. The molecule has 1 heterocycles. The molecule has 0 aliphatic heterocycles. The zero-order valence-electron chi connectivity index (χ0n) is 10.6. The molecule has 0 bridgehead atoms. The van der Waals surface area contributed by atoms with Crippen LogP contribution in [0.1, 0.15) is 0 Å². The molecule has 2 aromatic rings. The fraction of sp³-hybridized carbons (Fsp3) is 0.308. The molecule has 0 saturated carbocycles. The maximum absolute atomic E-state index is 12.0. The van der Waals surface area contributed by atoms with E-state index in [0.29, 0.717) is 13.1 Å². The first-order valence-corrected chi connectivity index (χ1v) is 6.00. The van der Waals surface area contributed by atoms with E-state index in [1.165, 1.54) is 12.1 Å². The Morgan fingerprint density at radius 3 is 2.45 bits per heavy atom. The van der Waals surface area contributed by atoms with Crippen LogP contribution >= 0.6 is 0 Å². The predicted molar refractivity (Wildman–Crippen MR) is 68.3 cm³/mol. The van der Waals surface area contributed by atoms with E-state index in [1.807, 2.05) is 6.20 Å². The molecule has 0 amide bonds. The smallest absolute Gasteiger partial charge is 0.422 e. The number of halogens is 3. The normalized spacial score (nSPS) is 11.6. The van der Waals surface area contributed by atoms with Crippen molar-refractivity contribution in [2.24, 2.45) is 5.73 Å². The highest BCUT2D eigenvalue weighted by Crippen LogP contribution is 2.23. The van der Waals surface area contributed by atoms with E-state index < -0.39 is 12.8 Å². The molecule has 0 unspecified atom stereocenters. The molecule has 1 aromatic heterocycles. The van der Waals surface area contributed by atoms with E-state index in [0.717, 1.165) is 11.1 Å². The number of hydrogen-bond acceptors (Lipinski definition) is 3. The van der Waals surface area contributed by atoms with Gasteiger partial charge in [-0.1, -0.05) is 12.1 Å². The summed E-state index contributed by atoms with van der Waals surface area (Å²) >= 11 is 0. The van der Waals surface area contributed by atoms with E-state index in [1.54, 1.807) is 23.0 Å². The van der Waals surface area contributed by atoms with Gasteiger partial charge in [-0.3, -0.25) is 4.68 Å². The van der Waals surface area contributed by atoms with Crippen molar-refractivity contribution in [1.82, 2.24) is 9.78 Å². The van der Waals surface area contributed by atoms with Crippen LogP contribution in [0.2, 0.25) is 0 Å². The molecule has 20 heavy (non-hydrogen) atoms. The SMILES string of the molecule is NCCn1cc(-c2ccc(OCC(F)(F)F)cc2)cn1. The Bertz CT molecular complexity index is 549. The van der Waals surface area contributed by atoms with Crippen LogP contribution in [-0.4, -0.2) is 29.1 Å². The summed E-state index contributed by atoms with van der Waals surface area (Å²) in [6.07, 6.45) is -0.818. The number of alkyl halides is 3. The molecular weight excluding hydrogens is 271 g/mol. The molecule has 0 aliphatic rings. The van der Waals surface area contributed by atoms with E-state index in [-0.39, 0.29) is 5.75 Å². The van der Waals surface area contributed by atoms with Gasteiger partial charge in [-0.05, 0) is 17.7 Å². The Morgan fingerprint density at radius 2 is 1.85 bits per heavy atom. The van der Waals surface area contributed by atoms with Gasteiger partial charge in [0.15, 0.2) is 6.61 Å². The van der Waals surface area contributed by atoms with Crippen LogP contribution in [0.15, 0.2) is 36.7 Å². The minimum Gasteiger partial charge on any atom is -0.484 e. The van der Waals surface area contributed by atoms with Gasteiger partial charge in [0.2, 0.25) is 0 Å². The summed E-state index contributed by atoms with van der Waals surface area (Å²) in [4.78, 5) is 0. The molecule has 2 N–H and O–H groups in total. The van der Waals surface area contributed by atoms with Crippen LogP contribution in [0.4, 0.5) is 13.2 Å². The summed E-state index contributed by atoms with van der Waals surface area (Å²) in [5.41, 5.74) is 7.16. The maximum Gasteiger partial charge on any atom is 0.422 e. The second kappa shape index (κ2) is 5.96. The number of benzene rings is 1. The third-order valence-corrected chi connectivity index (χ3v) is 2.58. The Hall–Kier alpha value is -2.02. The second-order valence-corrected chi connectivity index (χ2v) is 4.21. The molecule has 0 aliphatic carbocycles. The summed E-state index contributed by atoms with van der Waals surface area (Å²) in [6, 6.07) is 6.38. The Balaban J connectivity index is 2.03. The highest BCUT2D eigenvalue weighted by Gasteiger charge is 2.28. The first kappa shape index (κ1) is 14.4. The van der Waals surface area contributed by atoms with Crippen molar-refractivity contribution in [1.29, 1.82) is 0 Å². The molecule has 7 heteroatoms. The van der Waals surface area contributed by atoms with Crippen LogP contribution in [0, 0.1) is 0 Å². The standard InChI is InChI=1S/C13H14F3N3O/c14-13(15,16)9-20-12-3-1-10(2-4-12)11-7-18-19(8-11)6-5-17/h1-4,7-8H,5-6,9,17H2. The first-order valence-electron chi connectivity index (χ1n) is 6.00. The van der Waals surface area contributed by atoms with Crippen molar-refractivity contribution in [3.8, 4) is 16.9 Å². The van der Waals surface area contributed by atoms with Crippen LogP contribution in [0.5, 0.6) is 5.75 Å². The van der Waals surface area contributed by atoms with E-state index in [9.17, 15) is 13.2 Å². The average molecular weight is 285 g/mol. The Morgan fingerprint density at radius 1 is 1.15 bits per heavy atom. The van der Waals surface area contributed by atoms with Crippen LogP contribution in [-0.2, 0) is 6.54 Å². The minimum absolute atomic E-state index is 0.181. The number of aromatic nitrogens is 2. The molecule has 4 nitrogen and oxygen atoms in total. The lowest BCUT2D eigenvalue weighted by molar-refractivity contribution is -0.153. The quantitative estimate of drug-likeness (QED) is 0.918. The molecule has 1 aromatic carbocycles. The zero-order valence-corrected chi connectivity index (χ0v) is 10.6. The number of ether oxygens (including phenoxy) is 1. The Labute approximate surface area is 114 Å². The van der Waals surface area contributed by atoms with Crippen LogP contribution in [0.25, 0.3) is 11.1 Å². The molecule has 0 saturated heterocycles. The molecule has 0 radical (unpaired) electrons. The molecule has 0 spiro atoms. The van der Waals surface area contributed by atoms with Gasteiger partial charge in [-0.15, -0.1) is 0 Å². The van der Waals surface area contributed by atoms with Crippen molar-refractivity contribution in [3.63, 3.8) is 0 Å². The van der Waals surface area contributed by atoms with Crippen LogP contribution in [0.3, 0.4) is 0 Å². The summed E-state index contributed by atoms with van der Waals surface area (Å²) in [5.74, 6) is 0.181. The zero-order chi connectivity index (χ0) is 14.6. The lowest BCUT2D eigenvalue weighted by Gasteiger charge is -2.09. The van der Waals surface area contributed by atoms with Gasteiger partial charge in [-0.2, -0.15) is 18.3 Å². The molecule has 0 fully saturated rings. The van der Waals surface area contributed by atoms with Gasteiger partial charge in [0.05, 0.1) is 12.7 Å². The second-order valence-electron chi connectivity index (χ2n) is 4.21. The average Bonchev–Trinajstić information content (AvgIpc) is 2.85. The van der Waals surface area contributed by atoms with Gasteiger partial charge in [0.1, 0.15) is 5.75 Å². The third-order valence-electron chi connectivity index (χ3n) is 2.58. The Kier molecular flexibility index (Phi) is 4.29. The first-order chi connectivity index (χ1) is 9.48. The van der Waals surface area contributed by atoms with E-state index >= 15 is 0 Å². The summed E-state index contributed by atoms with van der Waals surface area (Å²) in [6.45, 7) is -0.182. The van der Waals surface area contributed by atoms with E-state index in [2.05, 4.69) is 9.84 Å². The fourth-order valence-corrected chi connectivity index (χ4v) is 1.68. The molecule has 108 valence electrons. The van der Waals surface area contributed by atoms with Gasteiger partial charge < -0.3 is 10.5 Å². The van der Waals surface area contributed by atoms with Crippen molar-refractivity contribution in [2.45, 2.75) is 12.7 Å². The number of rotatable bonds is 5. The topological polar surface area (TPSA) is 53.1 Å². The van der Waals surface area contributed by atoms with Gasteiger partial charge in [0.25, 0.3) is 0 Å². The van der Waals surface area contributed by atoms with Gasteiger partial charge >= 0.3 is 6.18 Å². The van der Waals surface area contributed by atoms with Gasteiger partial charge in [-0.25, -0.2) is 0 Å².